The number of rotatable bonds is 4. The molecule has 2 rings (SSSR count). The minimum atomic E-state index is 0.287. The van der Waals surface area contributed by atoms with Crippen molar-refractivity contribution in [3.63, 3.8) is 0 Å². The van der Waals surface area contributed by atoms with E-state index in [0.717, 1.165) is 17.0 Å². The topological polar surface area (TPSA) is 26.3 Å². The zero-order valence-corrected chi connectivity index (χ0v) is 9.81. The van der Waals surface area contributed by atoms with Gasteiger partial charge in [0, 0.05) is 17.9 Å². The molecule has 0 unspecified atom stereocenters. The van der Waals surface area contributed by atoms with Gasteiger partial charge in [-0.15, -0.1) is 11.3 Å². The minimum Gasteiger partial charge on any atom is -0.496 e. The third kappa shape index (κ3) is 2.59. The molecule has 0 aliphatic heterocycles. The van der Waals surface area contributed by atoms with Gasteiger partial charge in [-0.05, 0) is 5.92 Å². The first-order valence-corrected chi connectivity index (χ1v) is 6.33. The lowest BCUT2D eigenvalue weighted by atomic mass is 10.0. The molecule has 1 saturated carbocycles. The van der Waals surface area contributed by atoms with E-state index >= 15 is 0 Å². The lowest BCUT2D eigenvalue weighted by Gasteiger charge is -2.05. The fourth-order valence-electron chi connectivity index (χ4n) is 2.15. The summed E-state index contributed by atoms with van der Waals surface area (Å²) in [4.78, 5) is 12.7. The quantitative estimate of drug-likeness (QED) is 0.731. The first kappa shape index (κ1) is 10.7. The molecular formula is C12H16O2S. The Morgan fingerprint density at radius 3 is 2.87 bits per heavy atom. The highest BCUT2D eigenvalue weighted by molar-refractivity contribution is 7.12. The van der Waals surface area contributed by atoms with Crippen LogP contribution in [0.15, 0.2) is 11.4 Å². The van der Waals surface area contributed by atoms with Crippen LogP contribution in [0, 0.1) is 5.92 Å². The highest BCUT2D eigenvalue weighted by Gasteiger charge is 2.20. The van der Waals surface area contributed by atoms with Crippen molar-refractivity contribution < 1.29 is 9.53 Å². The van der Waals surface area contributed by atoms with Crippen LogP contribution >= 0.6 is 11.3 Å². The molecule has 0 saturated heterocycles. The van der Waals surface area contributed by atoms with E-state index in [1.54, 1.807) is 7.11 Å². The van der Waals surface area contributed by atoms with Gasteiger partial charge in [0.1, 0.15) is 5.75 Å². The van der Waals surface area contributed by atoms with E-state index in [0.29, 0.717) is 5.92 Å². The van der Waals surface area contributed by atoms with Crippen LogP contribution in [0.3, 0.4) is 0 Å². The molecule has 0 amide bonds. The number of thiophene rings is 1. The van der Waals surface area contributed by atoms with Crippen LogP contribution in [0.1, 0.15) is 41.8 Å². The molecule has 0 spiro atoms. The summed E-state index contributed by atoms with van der Waals surface area (Å²) in [6.45, 7) is 0. The van der Waals surface area contributed by atoms with Crippen molar-refractivity contribution in [3.8, 4) is 5.75 Å². The molecule has 3 heteroatoms. The molecule has 1 aromatic rings. The molecular weight excluding hydrogens is 208 g/mol. The van der Waals surface area contributed by atoms with Crippen LogP contribution in [0.5, 0.6) is 5.75 Å². The van der Waals surface area contributed by atoms with Gasteiger partial charge in [0.15, 0.2) is 5.78 Å². The van der Waals surface area contributed by atoms with Crippen molar-refractivity contribution in [2.75, 3.05) is 7.11 Å². The molecule has 2 nitrogen and oxygen atoms in total. The molecule has 0 bridgehead atoms. The van der Waals surface area contributed by atoms with Crippen LogP contribution in [0.25, 0.3) is 0 Å². The Hall–Kier alpha value is -0.830. The minimum absolute atomic E-state index is 0.287. The van der Waals surface area contributed by atoms with Gasteiger partial charge >= 0.3 is 0 Å². The second-order valence-corrected chi connectivity index (χ2v) is 5.04. The first-order valence-electron chi connectivity index (χ1n) is 5.45. The standard InChI is InChI=1S/C12H16O2S/c1-14-10-7-12(15-8-10)11(13)6-9-4-2-3-5-9/h7-9H,2-6H2,1H3. The van der Waals surface area contributed by atoms with Crippen LogP contribution in [0.2, 0.25) is 0 Å². The van der Waals surface area contributed by atoms with Gasteiger partial charge in [-0.2, -0.15) is 0 Å². The Kier molecular flexibility index (Phi) is 3.41. The van der Waals surface area contributed by atoms with Gasteiger partial charge < -0.3 is 4.74 Å². The normalized spacial score (nSPS) is 16.9. The Balaban J connectivity index is 1.94. The zero-order chi connectivity index (χ0) is 10.7. The summed E-state index contributed by atoms with van der Waals surface area (Å²) in [7, 11) is 1.63. The number of Topliss-reactive ketones (excluding diaryl/α,β-unsaturated/α-hetero) is 1. The summed E-state index contributed by atoms with van der Waals surface area (Å²) in [5.41, 5.74) is 0. The molecule has 82 valence electrons. The number of hydrogen-bond acceptors (Lipinski definition) is 3. The molecule has 1 aliphatic carbocycles. The number of carbonyl (C=O) groups excluding carboxylic acids is 1. The van der Waals surface area contributed by atoms with Crippen molar-refractivity contribution in [2.24, 2.45) is 5.92 Å². The van der Waals surface area contributed by atoms with Crippen molar-refractivity contribution >= 4 is 17.1 Å². The Morgan fingerprint density at radius 2 is 2.27 bits per heavy atom. The van der Waals surface area contributed by atoms with Crippen LogP contribution in [-0.2, 0) is 0 Å². The molecule has 1 fully saturated rings. The van der Waals surface area contributed by atoms with Gasteiger partial charge in [-0.3, -0.25) is 4.79 Å². The third-order valence-electron chi connectivity index (χ3n) is 3.03. The molecule has 1 aromatic heterocycles. The van der Waals surface area contributed by atoms with Gasteiger partial charge in [0.2, 0.25) is 0 Å². The molecule has 0 aromatic carbocycles. The smallest absolute Gasteiger partial charge is 0.173 e. The number of carbonyl (C=O) groups is 1. The van der Waals surface area contributed by atoms with Gasteiger partial charge in [0.25, 0.3) is 0 Å². The second kappa shape index (κ2) is 4.79. The van der Waals surface area contributed by atoms with Gasteiger partial charge in [0.05, 0.1) is 12.0 Å². The molecule has 0 radical (unpaired) electrons. The van der Waals surface area contributed by atoms with Crippen LogP contribution < -0.4 is 4.74 Å². The van der Waals surface area contributed by atoms with E-state index in [2.05, 4.69) is 0 Å². The monoisotopic (exact) mass is 224 g/mol. The maximum atomic E-state index is 11.9. The fourth-order valence-corrected chi connectivity index (χ4v) is 2.96. The number of ketones is 1. The first-order chi connectivity index (χ1) is 7.29. The predicted octanol–water partition coefficient (Wildman–Crippen LogP) is 3.52. The summed E-state index contributed by atoms with van der Waals surface area (Å²) in [6, 6.07) is 1.85. The summed E-state index contributed by atoms with van der Waals surface area (Å²) < 4.78 is 5.07. The largest absolute Gasteiger partial charge is 0.496 e. The maximum absolute atomic E-state index is 11.9. The summed E-state index contributed by atoms with van der Waals surface area (Å²) in [5, 5.41) is 1.89. The zero-order valence-electron chi connectivity index (χ0n) is 8.99. The van der Waals surface area contributed by atoms with Crippen molar-refractivity contribution in [2.45, 2.75) is 32.1 Å². The van der Waals surface area contributed by atoms with Crippen molar-refractivity contribution in [3.05, 3.63) is 16.3 Å². The van der Waals surface area contributed by atoms with E-state index in [9.17, 15) is 4.79 Å². The third-order valence-corrected chi connectivity index (χ3v) is 3.98. The number of ether oxygens (including phenoxy) is 1. The van der Waals surface area contributed by atoms with Crippen LogP contribution in [-0.4, -0.2) is 12.9 Å². The van der Waals surface area contributed by atoms with E-state index in [-0.39, 0.29) is 5.78 Å². The molecule has 1 aliphatic rings. The number of hydrogen-bond donors (Lipinski definition) is 0. The Bertz CT molecular complexity index is 337. The second-order valence-electron chi connectivity index (χ2n) is 4.13. The fraction of sp³-hybridized carbons (Fsp3) is 0.583. The lowest BCUT2D eigenvalue weighted by Crippen LogP contribution is -2.03. The average Bonchev–Trinajstić information content (AvgIpc) is 2.86. The molecule has 1 heterocycles. The highest BCUT2D eigenvalue weighted by atomic mass is 32.1. The number of methoxy groups -OCH3 is 1. The highest BCUT2D eigenvalue weighted by Crippen LogP contribution is 2.30. The maximum Gasteiger partial charge on any atom is 0.173 e. The Labute approximate surface area is 94.3 Å². The van der Waals surface area contributed by atoms with E-state index in [1.165, 1.54) is 37.0 Å². The van der Waals surface area contributed by atoms with Crippen molar-refractivity contribution in [1.82, 2.24) is 0 Å². The van der Waals surface area contributed by atoms with E-state index in [4.69, 9.17) is 4.74 Å². The summed E-state index contributed by atoms with van der Waals surface area (Å²) in [5.74, 6) is 1.72. The average molecular weight is 224 g/mol. The van der Waals surface area contributed by atoms with Crippen LogP contribution in [0.4, 0.5) is 0 Å². The predicted molar refractivity (Wildman–Crippen MR) is 61.8 cm³/mol. The lowest BCUT2D eigenvalue weighted by molar-refractivity contribution is 0.0966. The van der Waals surface area contributed by atoms with Gasteiger partial charge in [-0.25, -0.2) is 0 Å². The molecule has 0 atom stereocenters. The van der Waals surface area contributed by atoms with E-state index < -0.39 is 0 Å². The Morgan fingerprint density at radius 1 is 1.53 bits per heavy atom. The molecule has 0 N–H and O–H groups in total. The molecule has 15 heavy (non-hydrogen) atoms. The van der Waals surface area contributed by atoms with E-state index in [1.807, 2.05) is 11.4 Å². The van der Waals surface area contributed by atoms with Crippen molar-refractivity contribution in [1.29, 1.82) is 0 Å². The SMILES string of the molecule is COc1csc(C(=O)CC2CCCC2)c1. The van der Waals surface area contributed by atoms with Gasteiger partial charge in [-0.1, -0.05) is 25.7 Å². The summed E-state index contributed by atoms with van der Waals surface area (Å²) >= 11 is 1.49. The summed E-state index contributed by atoms with van der Waals surface area (Å²) in [6.07, 6.45) is 5.78.